The molecule has 0 fully saturated rings. The molecule has 25 heavy (non-hydrogen) atoms. The van der Waals surface area contributed by atoms with E-state index in [1.807, 2.05) is 0 Å². The first-order chi connectivity index (χ1) is 12.1. The number of hydrogen-bond donors (Lipinski definition) is 1. The summed E-state index contributed by atoms with van der Waals surface area (Å²) >= 11 is 4.21. The summed E-state index contributed by atoms with van der Waals surface area (Å²) in [6, 6.07) is 0. The monoisotopic (exact) mass is 360 g/mol. The molecule has 142 valence electrons. The summed E-state index contributed by atoms with van der Waals surface area (Å²) in [5.74, 6) is 2.46. The highest BCUT2D eigenvalue weighted by atomic mass is 32.1. The van der Waals surface area contributed by atoms with Gasteiger partial charge in [0, 0.05) is 0 Å². The molecule has 0 N–H and O–H groups in total. The van der Waals surface area contributed by atoms with Crippen molar-refractivity contribution in [1.82, 2.24) is 0 Å². The second-order valence-electron chi connectivity index (χ2n) is 6.98. The minimum Gasteiger partial charge on any atom is -0.179 e. The molecule has 0 aliphatic carbocycles. The molecule has 0 aromatic rings. The molecule has 0 aliphatic heterocycles. The van der Waals surface area contributed by atoms with Gasteiger partial charge in [-0.15, -0.1) is 0 Å². The van der Waals surface area contributed by atoms with Crippen LogP contribution in [-0.4, -0.2) is 5.75 Å². The van der Waals surface area contributed by atoms with Crippen LogP contribution in [-0.2, 0) is 0 Å². The molecule has 1 heteroatoms. The molecule has 0 aromatic heterocycles. The first-order valence-corrected chi connectivity index (χ1v) is 10.6. The Labute approximate surface area is 163 Å². The molecule has 0 amide bonds. The van der Waals surface area contributed by atoms with Crippen LogP contribution >= 0.6 is 12.6 Å². The highest BCUT2D eigenvalue weighted by molar-refractivity contribution is 7.80. The second kappa shape index (κ2) is 17.9. The van der Waals surface area contributed by atoms with E-state index in [1.165, 1.54) is 24.8 Å². The molecule has 2 unspecified atom stereocenters. The SMILES string of the molecule is CC/C=C\C/C=C\CC(C)C(C)CC/C=C/C=C(\C)C/C=C\CCS. The van der Waals surface area contributed by atoms with E-state index in [0.717, 1.165) is 43.3 Å². The van der Waals surface area contributed by atoms with Crippen molar-refractivity contribution in [2.24, 2.45) is 11.8 Å². The van der Waals surface area contributed by atoms with Crippen molar-refractivity contribution in [3.63, 3.8) is 0 Å². The zero-order valence-corrected chi connectivity index (χ0v) is 17.8. The molecular weight excluding hydrogens is 320 g/mol. The Hall–Kier alpha value is -0.950. The Morgan fingerprint density at radius 3 is 2.36 bits per heavy atom. The Bertz CT molecular complexity index is 437. The van der Waals surface area contributed by atoms with Crippen molar-refractivity contribution >= 4 is 12.6 Å². The maximum Gasteiger partial charge on any atom is -0.00633 e. The van der Waals surface area contributed by atoms with E-state index in [9.17, 15) is 0 Å². The fourth-order valence-corrected chi connectivity index (χ4v) is 2.63. The average Bonchev–Trinajstić information content (AvgIpc) is 2.61. The molecule has 0 nitrogen and oxygen atoms in total. The third-order valence-corrected chi connectivity index (χ3v) is 4.79. The fraction of sp³-hybridized carbons (Fsp3) is 0.583. The van der Waals surface area contributed by atoms with Gasteiger partial charge < -0.3 is 0 Å². The zero-order chi connectivity index (χ0) is 18.8. The van der Waals surface area contributed by atoms with Crippen LogP contribution in [0.5, 0.6) is 0 Å². The van der Waals surface area contributed by atoms with E-state index in [4.69, 9.17) is 0 Å². The van der Waals surface area contributed by atoms with Gasteiger partial charge >= 0.3 is 0 Å². The molecular formula is C24H40S. The van der Waals surface area contributed by atoms with Crippen molar-refractivity contribution in [2.45, 2.75) is 72.6 Å². The largest absolute Gasteiger partial charge is 0.179 e. The van der Waals surface area contributed by atoms with Gasteiger partial charge in [-0.2, -0.15) is 12.6 Å². The Morgan fingerprint density at radius 1 is 0.880 bits per heavy atom. The van der Waals surface area contributed by atoms with Crippen LogP contribution in [0.3, 0.4) is 0 Å². The summed E-state index contributed by atoms with van der Waals surface area (Å²) in [4.78, 5) is 0. The van der Waals surface area contributed by atoms with Crippen LogP contribution in [0.15, 0.2) is 60.3 Å². The van der Waals surface area contributed by atoms with Gasteiger partial charge in [-0.25, -0.2) is 0 Å². The highest BCUT2D eigenvalue weighted by Gasteiger charge is 2.09. The summed E-state index contributed by atoms with van der Waals surface area (Å²) in [5, 5.41) is 0. The topological polar surface area (TPSA) is 0 Å². The minimum atomic E-state index is 0.758. The summed E-state index contributed by atoms with van der Waals surface area (Å²) in [5.41, 5.74) is 1.41. The zero-order valence-electron chi connectivity index (χ0n) is 17.0. The predicted molar refractivity (Wildman–Crippen MR) is 120 cm³/mol. The third kappa shape index (κ3) is 16.3. The first-order valence-electron chi connectivity index (χ1n) is 9.99. The van der Waals surface area contributed by atoms with Gasteiger partial charge in [0.1, 0.15) is 0 Å². The van der Waals surface area contributed by atoms with Crippen molar-refractivity contribution < 1.29 is 0 Å². The molecule has 0 aliphatic rings. The van der Waals surface area contributed by atoms with Crippen LogP contribution in [0.4, 0.5) is 0 Å². The van der Waals surface area contributed by atoms with Crippen LogP contribution in [0.2, 0.25) is 0 Å². The standard InChI is InChI=1S/C24H40S/c1-5-6-7-8-9-14-19-23(3)24(4)20-15-10-12-17-22(2)18-13-11-16-21-25/h6-7,9-14,17,23-25H,5,8,15-16,18-21H2,1-4H3/b7-6-,12-10+,13-11-,14-9-,22-17+. The van der Waals surface area contributed by atoms with E-state index < -0.39 is 0 Å². The van der Waals surface area contributed by atoms with Gasteiger partial charge in [-0.1, -0.05) is 81.0 Å². The first kappa shape index (κ1) is 24.1. The van der Waals surface area contributed by atoms with Crippen molar-refractivity contribution in [1.29, 1.82) is 0 Å². The van der Waals surface area contributed by atoms with Crippen molar-refractivity contribution in [3.05, 3.63) is 60.3 Å². The van der Waals surface area contributed by atoms with E-state index in [-0.39, 0.29) is 0 Å². The number of rotatable bonds is 14. The number of thiol groups is 1. The molecule has 0 rings (SSSR count). The molecule has 2 atom stereocenters. The molecule has 0 heterocycles. The average molecular weight is 361 g/mol. The molecule has 0 saturated heterocycles. The van der Waals surface area contributed by atoms with Crippen molar-refractivity contribution in [3.8, 4) is 0 Å². The molecule has 0 radical (unpaired) electrons. The predicted octanol–water partition coefficient (Wildman–Crippen LogP) is 8.11. The molecule has 0 saturated carbocycles. The Morgan fingerprint density at radius 2 is 1.64 bits per heavy atom. The number of hydrogen-bond acceptors (Lipinski definition) is 1. The van der Waals surface area contributed by atoms with E-state index in [0.29, 0.717) is 0 Å². The maximum absolute atomic E-state index is 4.21. The van der Waals surface area contributed by atoms with Crippen LogP contribution in [0.1, 0.15) is 72.6 Å². The Kier molecular flexibility index (Phi) is 17.2. The van der Waals surface area contributed by atoms with E-state index in [1.54, 1.807) is 0 Å². The van der Waals surface area contributed by atoms with E-state index in [2.05, 4.69) is 95.0 Å². The lowest BCUT2D eigenvalue weighted by Gasteiger charge is -2.17. The highest BCUT2D eigenvalue weighted by Crippen LogP contribution is 2.21. The maximum atomic E-state index is 4.21. The van der Waals surface area contributed by atoms with Gasteiger partial charge in [-0.05, 0) is 69.5 Å². The molecule has 0 spiro atoms. The lowest BCUT2D eigenvalue weighted by atomic mass is 9.89. The van der Waals surface area contributed by atoms with Gasteiger partial charge in [0.05, 0.1) is 0 Å². The van der Waals surface area contributed by atoms with Gasteiger partial charge in [0.15, 0.2) is 0 Å². The number of allylic oxidation sites excluding steroid dienone is 10. The van der Waals surface area contributed by atoms with Crippen molar-refractivity contribution in [2.75, 3.05) is 5.75 Å². The van der Waals surface area contributed by atoms with Gasteiger partial charge in [-0.3, -0.25) is 0 Å². The summed E-state index contributed by atoms with van der Waals surface area (Å²) in [7, 11) is 0. The lowest BCUT2D eigenvalue weighted by Crippen LogP contribution is -2.06. The molecule has 0 aromatic carbocycles. The fourth-order valence-electron chi connectivity index (χ4n) is 2.48. The smallest absolute Gasteiger partial charge is 0.00633 e. The van der Waals surface area contributed by atoms with Crippen LogP contribution < -0.4 is 0 Å². The summed E-state index contributed by atoms with van der Waals surface area (Å²) in [6.45, 7) is 9.14. The quantitative estimate of drug-likeness (QED) is 0.180. The third-order valence-electron chi connectivity index (χ3n) is 4.53. The minimum absolute atomic E-state index is 0.758. The van der Waals surface area contributed by atoms with Crippen LogP contribution in [0, 0.1) is 11.8 Å². The normalized spacial score (nSPS) is 16.0. The molecule has 0 bridgehead atoms. The van der Waals surface area contributed by atoms with Gasteiger partial charge in [0.2, 0.25) is 0 Å². The Balaban J connectivity index is 3.92. The van der Waals surface area contributed by atoms with Crippen LogP contribution in [0.25, 0.3) is 0 Å². The van der Waals surface area contributed by atoms with Gasteiger partial charge in [0.25, 0.3) is 0 Å². The van der Waals surface area contributed by atoms with E-state index >= 15 is 0 Å². The second-order valence-corrected chi connectivity index (χ2v) is 7.43. The summed E-state index contributed by atoms with van der Waals surface area (Å²) in [6.07, 6.45) is 28.3. The summed E-state index contributed by atoms with van der Waals surface area (Å²) < 4.78 is 0. The lowest BCUT2D eigenvalue weighted by molar-refractivity contribution is 0.370.